The first kappa shape index (κ1) is 20.2. The van der Waals surface area contributed by atoms with Gasteiger partial charge in [-0.15, -0.1) is 0 Å². The third kappa shape index (κ3) is 4.46. The molecular weight excluding hydrogens is 479 g/mol. The third-order valence-electron chi connectivity index (χ3n) is 4.47. The predicted molar refractivity (Wildman–Crippen MR) is 110 cm³/mol. The van der Waals surface area contributed by atoms with Crippen LogP contribution >= 0.6 is 22.6 Å². The lowest BCUT2D eigenvalue weighted by Crippen LogP contribution is -2.24. The number of amides is 1. The predicted octanol–water partition coefficient (Wildman–Crippen LogP) is 2.37. The Labute approximate surface area is 172 Å². The number of hydrogen-bond acceptors (Lipinski definition) is 6. The number of aromatic nitrogens is 2. The normalized spacial score (nSPS) is 16.4. The lowest BCUT2D eigenvalue weighted by molar-refractivity contribution is 0.0950. The van der Waals surface area contributed by atoms with Crippen LogP contribution in [0.1, 0.15) is 47.2 Å². The van der Waals surface area contributed by atoms with Crippen LogP contribution in [0.2, 0.25) is 0 Å². The second kappa shape index (κ2) is 8.19. The summed E-state index contributed by atoms with van der Waals surface area (Å²) in [5.74, 6) is 0.201. The van der Waals surface area contributed by atoms with Gasteiger partial charge in [-0.2, -0.15) is 0 Å². The number of rotatable bonds is 6. The van der Waals surface area contributed by atoms with Crippen molar-refractivity contribution in [3.8, 4) is 0 Å². The van der Waals surface area contributed by atoms with Gasteiger partial charge in [0.05, 0.1) is 34.4 Å². The molecule has 0 saturated heterocycles. The van der Waals surface area contributed by atoms with Crippen LogP contribution in [-0.4, -0.2) is 28.1 Å². The Morgan fingerprint density at radius 1 is 1.33 bits per heavy atom. The van der Waals surface area contributed by atoms with Crippen LogP contribution in [0, 0.1) is 5.92 Å². The van der Waals surface area contributed by atoms with Crippen molar-refractivity contribution in [3.63, 3.8) is 0 Å². The molecule has 7 nitrogen and oxygen atoms in total. The fraction of sp³-hybridized carbons (Fsp3) is 0.389. The molecule has 1 atom stereocenters. The average Bonchev–Trinajstić information content (AvgIpc) is 3.10. The smallest absolute Gasteiger partial charge is 0.253 e. The highest BCUT2D eigenvalue weighted by Crippen LogP contribution is 2.29. The Kier molecular flexibility index (Phi) is 6.11. The van der Waals surface area contributed by atoms with E-state index in [4.69, 9.17) is 0 Å². The van der Waals surface area contributed by atoms with Crippen molar-refractivity contribution >= 4 is 38.3 Å². The van der Waals surface area contributed by atoms with Gasteiger partial charge in [0.15, 0.2) is 9.84 Å². The molecule has 3 rings (SSSR count). The molecule has 1 amide bonds. The molecule has 0 bridgehead atoms. The van der Waals surface area contributed by atoms with E-state index in [1.165, 1.54) is 12.3 Å². The molecular formula is C18H21IN4O3S. The van der Waals surface area contributed by atoms with Crippen molar-refractivity contribution < 1.29 is 13.2 Å². The SMILES string of the molecule is CC(C)[C@@H]1NCc2cc(C(=O)NCc3ccc(S(=O)(=O)CI)cn3)cnc21. The van der Waals surface area contributed by atoms with Gasteiger partial charge in [0, 0.05) is 18.9 Å². The van der Waals surface area contributed by atoms with Gasteiger partial charge in [-0.25, -0.2) is 8.42 Å². The average molecular weight is 500 g/mol. The molecule has 0 aromatic carbocycles. The summed E-state index contributed by atoms with van der Waals surface area (Å²) >= 11 is 1.81. The highest BCUT2D eigenvalue weighted by Gasteiger charge is 2.26. The molecule has 0 radical (unpaired) electrons. The van der Waals surface area contributed by atoms with Gasteiger partial charge >= 0.3 is 0 Å². The molecule has 144 valence electrons. The van der Waals surface area contributed by atoms with Crippen LogP contribution in [0.4, 0.5) is 0 Å². The molecule has 2 aromatic heterocycles. The summed E-state index contributed by atoms with van der Waals surface area (Å²) in [6, 6.07) is 5.21. The summed E-state index contributed by atoms with van der Waals surface area (Å²) in [6.45, 7) is 5.20. The molecule has 1 aliphatic rings. The first-order chi connectivity index (χ1) is 12.8. The number of pyridine rings is 2. The third-order valence-corrected chi connectivity index (χ3v) is 8.17. The van der Waals surface area contributed by atoms with Crippen molar-refractivity contribution in [2.75, 3.05) is 3.76 Å². The van der Waals surface area contributed by atoms with Crippen molar-refractivity contribution in [1.82, 2.24) is 20.6 Å². The van der Waals surface area contributed by atoms with Gasteiger partial charge in [-0.1, -0.05) is 36.4 Å². The maximum atomic E-state index is 12.4. The molecule has 0 fully saturated rings. The number of nitrogens with one attached hydrogen (secondary N) is 2. The number of carbonyl (C=O) groups is 1. The molecule has 0 saturated carbocycles. The van der Waals surface area contributed by atoms with Crippen molar-refractivity contribution in [2.45, 2.75) is 37.9 Å². The number of alkyl halides is 1. The van der Waals surface area contributed by atoms with Gasteiger partial charge in [-0.05, 0) is 29.7 Å². The molecule has 1 aliphatic heterocycles. The van der Waals surface area contributed by atoms with Crippen LogP contribution in [0.3, 0.4) is 0 Å². The maximum absolute atomic E-state index is 12.4. The monoisotopic (exact) mass is 500 g/mol. The summed E-state index contributed by atoms with van der Waals surface area (Å²) in [4.78, 5) is 21.2. The number of halogens is 1. The number of sulfone groups is 1. The Hall–Kier alpha value is -1.59. The largest absolute Gasteiger partial charge is 0.346 e. The minimum absolute atomic E-state index is 0.000372. The molecule has 2 aromatic rings. The van der Waals surface area contributed by atoms with E-state index in [0.29, 0.717) is 23.7 Å². The first-order valence-electron chi connectivity index (χ1n) is 8.56. The summed E-state index contributed by atoms with van der Waals surface area (Å²) in [5, 5.41) is 6.21. The van der Waals surface area contributed by atoms with E-state index >= 15 is 0 Å². The van der Waals surface area contributed by atoms with Gasteiger partial charge in [0.25, 0.3) is 5.91 Å². The summed E-state index contributed by atoms with van der Waals surface area (Å²) in [7, 11) is -3.28. The number of fused-ring (bicyclic) bond motifs is 1. The van der Waals surface area contributed by atoms with E-state index in [-0.39, 0.29) is 27.1 Å². The zero-order valence-corrected chi connectivity index (χ0v) is 18.0. The lowest BCUT2D eigenvalue weighted by atomic mass is 10.0. The van der Waals surface area contributed by atoms with Gasteiger partial charge in [0.2, 0.25) is 0 Å². The molecule has 2 N–H and O–H groups in total. The summed E-state index contributed by atoms with van der Waals surface area (Å²) in [6.07, 6.45) is 2.92. The topological polar surface area (TPSA) is 101 Å². The maximum Gasteiger partial charge on any atom is 0.253 e. The van der Waals surface area contributed by atoms with Crippen LogP contribution in [0.25, 0.3) is 0 Å². The fourth-order valence-electron chi connectivity index (χ4n) is 2.97. The van der Waals surface area contributed by atoms with Crippen molar-refractivity contribution in [2.24, 2.45) is 5.92 Å². The molecule has 0 aliphatic carbocycles. The number of hydrogen-bond donors (Lipinski definition) is 2. The Bertz CT molecular complexity index is 946. The van der Waals surface area contributed by atoms with Crippen LogP contribution in [0.5, 0.6) is 0 Å². The molecule has 27 heavy (non-hydrogen) atoms. The van der Waals surface area contributed by atoms with Gasteiger partial charge in [-0.3, -0.25) is 14.8 Å². The van der Waals surface area contributed by atoms with Gasteiger partial charge < -0.3 is 10.6 Å². The van der Waals surface area contributed by atoms with Crippen molar-refractivity contribution in [1.29, 1.82) is 0 Å². The van der Waals surface area contributed by atoms with Gasteiger partial charge in [0.1, 0.15) is 3.76 Å². The van der Waals surface area contributed by atoms with Crippen LogP contribution < -0.4 is 10.6 Å². The zero-order chi connectivity index (χ0) is 19.6. The van der Waals surface area contributed by atoms with E-state index < -0.39 is 9.84 Å². The second-order valence-electron chi connectivity index (χ2n) is 6.76. The Morgan fingerprint density at radius 2 is 2.11 bits per heavy atom. The lowest BCUT2D eigenvalue weighted by Gasteiger charge is -2.15. The molecule has 0 spiro atoms. The quantitative estimate of drug-likeness (QED) is 0.467. The van der Waals surface area contributed by atoms with Crippen LogP contribution in [-0.2, 0) is 22.9 Å². The first-order valence-corrected chi connectivity index (χ1v) is 11.7. The summed E-state index contributed by atoms with van der Waals surface area (Å²) in [5.41, 5.74) is 3.15. The molecule has 3 heterocycles. The molecule has 9 heteroatoms. The highest BCUT2D eigenvalue weighted by atomic mass is 127. The standard InChI is InChI=1S/C18H21IN4O3S/c1-11(2)16-17-12(6-21-16)5-13(7-22-17)18(24)23-8-14-3-4-15(9-20-14)27(25,26)10-19/h3-5,7,9,11,16,21H,6,8,10H2,1-2H3,(H,23,24)/t16-/m0/s1. The number of nitrogens with zero attached hydrogens (tertiary/aromatic N) is 2. The van der Waals surface area contributed by atoms with Crippen molar-refractivity contribution in [3.05, 3.63) is 53.1 Å². The Balaban J connectivity index is 1.65. The second-order valence-corrected chi connectivity index (χ2v) is 10.6. The summed E-state index contributed by atoms with van der Waals surface area (Å²) < 4.78 is 23.6. The highest BCUT2D eigenvalue weighted by molar-refractivity contribution is 14.1. The van der Waals surface area contributed by atoms with E-state index in [9.17, 15) is 13.2 Å². The Morgan fingerprint density at radius 3 is 2.74 bits per heavy atom. The molecule has 0 unspecified atom stereocenters. The number of carbonyl (C=O) groups excluding carboxylic acids is 1. The van der Waals surface area contributed by atoms with E-state index in [1.54, 1.807) is 12.3 Å². The van der Waals surface area contributed by atoms with E-state index in [1.807, 2.05) is 28.7 Å². The fourth-order valence-corrected chi connectivity index (χ4v) is 4.66. The minimum atomic E-state index is -3.28. The zero-order valence-electron chi connectivity index (χ0n) is 15.1. The minimum Gasteiger partial charge on any atom is -0.346 e. The van der Waals surface area contributed by atoms with E-state index in [2.05, 4.69) is 34.4 Å². The van der Waals surface area contributed by atoms with E-state index in [0.717, 1.165) is 11.3 Å². The van der Waals surface area contributed by atoms with Crippen LogP contribution in [0.15, 0.2) is 35.5 Å².